The molecule has 1 aliphatic rings. The lowest BCUT2D eigenvalue weighted by atomic mass is 9.75. The van der Waals surface area contributed by atoms with Crippen LogP contribution in [0.25, 0.3) is 0 Å². The molecule has 2 nitrogen and oxygen atoms in total. The number of hydrogen-bond donors (Lipinski definition) is 1. The molecule has 0 aliphatic heterocycles. The van der Waals surface area contributed by atoms with E-state index in [1.807, 2.05) is 0 Å². The van der Waals surface area contributed by atoms with Gasteiger partial charge < -0.3 is 5.73 Å². The molecule has 1 amide bonds. The van der Waals surface area contributed by atoms with Gasteiger partial charge in [-0.1, -0.05) is 31.4 Å². The van der Waals surface area contributed by atoms with Crippen LogP contribution in [0.15, 0.2) is 24.3 Å². The number of carbonyl (C=O) groups is 1. The van der Waals surface area contributed by atoms with Gasteiger partial charge in [-0.05, 0) is 42.4 Å². The molecule has 0 bridgehead atoms. The van der Waals surface area contributed by atoms with E-state index in [4.69, 9.17) is 5.73 Å². The minimum Gasteiger partial charge on any atom is -0.370 e. The number of halogens is 1. The minimum absolute atomic E-state index is 0.156. The third-order valence-corrected chi connectivity index (χ3v) is 3.94. The maximum Gasteiger partial charge on any atom is 0.218 e. The molecule has 1 aromatic rings. The fraction of sp³-hybridized carbons (Fsp3) is 0.533. The Bertz CT molecular complexity index is 395. The molecule has 1 saturated carbocycles. The quantitative estimate of drug-likeness (QED) is 0.873. The first-order valence-corrected chi connectivity index (χ1v) is 6.70. The molecule has 1 aliphatic carbocycles. The van der Waals surface area contributed by atoms with E-state index in [2.05, 4.69) is 0 Å². The van der Waals surface area contributed by atoms with Crippen LogP contribution in [0.4, 0.5) is 4.39 Å². The highest BCUT2D eigenvalue weighted by Gasteiger charge is 2.26. The molecule has 1 aromatic carbocycles. The van der Waals surface area contributed by atoms with Gasteiger partial charge in [-0.15, -0.1) is 0 Å². The second-order valence-corrected chi connectivity index (χ2v) is 5.23. The molecule has 1 fully saturated rings. The summed E-state index contributed by atoms with van der Waals surface area (Å²) in [4.78, 5) is 11.2. The molecule has 0 spiro atoms. The molecule has 2 N–H and O–H groups in total. The zero-order valence-electron chi connectivity index (χ0n) is 10.6. The smallest absolute Gasteiger partial charge is 0.218 e. The van der Waals surface area contributed by atoms with Crippen molar-refractivity contribution in [1.29, 1.82) is 0 Å². The summed E-state index contributed by atoms with van der Waals surface area (Å²) >= 11 is 0. The second kappa shape index (κ2) is 5.98. The van der Waals surface area contributed by atoms with Gasteiger partial charge in [0, 0.05) is 6.42 Å². The van der Waals surface area contributed by atoms with Crippen molar-refractivity contribution in [2.75, 3.05) is 0 Å². The minimum atomic E-state index is -0.269. The van der Waals surface area contributed by atoms with Crippen LogP contribution in [0, 0.1) is 11.7 Å². The standard InChI is InChI=1S/C15H20FNO/c16-13-8-6-12(7-9-13)14(10-15(17)18)11-4-2-1-3-5-11/h6-9,11,14H,1-5,10H2,(H2,17,18). The Hall–Kier alpha value is -1.38. The van der Waals surface area contributed by atoms with E-state index in [0.717, 1.165) is 18.4 Å². The van der Waals surface area contributed by atoms with Gasteiger partial charge in [0.2, 0.25) is 5.91 Å². The Morgan fingerprint density at radius 3 is 2.39 bits per heavy atom. The Morgan fingerprint density at radius 1 is 1.22 bits per heavy atom. The predicted octanol–water partition coefficient (Wildman–Crippen LogP) is 3.37. The first-order chi connectivity index (χ1) is 8.66. The van der Waals surface area contributed by atoms with Gasteiger partial charge in [-0.25, -0.2) is 4.39 Å². The summed E-state index contributed by atoms with van der Waals surface area (Å²) in [5.74, 6) is 0.162. The Balaban J connectivity index is 2.17. The fourth-order valence-electron chi connectivity index (χ4n) is 3.02. The Labute approximate surface area is 107 Å². The largest absolute Gasteiger partial charge is 0.370 e. The van der Waals surface area contributed by atoms with Crippen LogP contribution in [0.2, 0.25) is 0 Å². The van der Waals surface area contributed by atoms with E-state index in [1.165, 1.54) is 31.4 Å². The molecule has 2 rings (SSSR count). The van der Waals surface area contributed by atoms with Gasteiger partial charge in [0.25, 0.3) is 0 Å². The molecule has 1 unspecified atom stereocenters. The van der Waals surface area contributed by atoms with E-state index in [9.17, 15) is 9.18 Å². The lowest BCUT2D eigenvalue weighted by Crippen LogP contribution is -2.23. The van der Waals surface area contributed by atoms with Gasteiger partial charge in [-0.3, -0.25) is 4.79 Å². The van der Waals surface area contributed by atoms with Crippen LogP contribution in [-0.2, 0) is 4.79 Å². The molecule has 0 saturated heterocycles. The van der Waals surface area contributed by atoms with Crippen molar-refractivity contribution in [1.82, 2.24) is 0 Å². The van der Waals surface area contributed by atoms with E-state index in [1.54, 1.807) is 12.1 Å². The monoisotopic (exact) mass is 249 g/mol. The van der Waals surface area contributed by atoms with Crippen molar-refractivity contribution in [3.8, 4) is 0 Å². The molecule has 0 aromatic heterocycles. The van der Waals surface area contributed by atoms with Crippen LogP contribution in [0.1, 0.15) is 50.0 Å². The summed E-state index contributed by atoms with van der Waals surface area (Å²) in [5, 5.41) is 0. The molecule has 18 heavy (non-hydrogen) atoms. The zero-order chi connectivity index (χ0) is 13.0. The van der Waals surface area contributed by atoms with Crippen LogP contribution in [0.5, 0.6) is 0 Å². The SMILES string of the molecule is NC(=O)CC(c1ccc(F)cc1)C1CCCCC1. The van der Waals surface area contributed by atoms with Crippen molar-refractivity contribution >= 4 is 5.91 Å². The van der Waals surface area contributed by atoms with E-state index in [0.29, 0.717) is 12.3 Å². The number of benzene rings is 1. The molecule has 98 valence electrons. The summed E-state index contributed by atoms with van der Waals surface area (Å²) in [7, 11) is 0. The molecular weight excluding hydrogens is 229 g/mol. The van der Waals surface area contributed by atoms with Crippen molar-refractivity contribution < 1.29 is 9.18 Å². The van der Waals surface area contributed by atoms with Crippen molar-refractivity contribution in [2.24, 2.45) is 11.7 Å². The molecule has 0 radical (unpaired) electrons. The maximum atomic E-state index is 13.0. The first-order valence-electron chi connectivity index (χ1n) is 6.70. The predicted molar refractivity (Wildman–Crippen MR) is 69.5 cm³/mol. The van der Waals surface area contributed by atoms with Crippen LogP contribution >= 0.6 is 0 Å². The lowest BCUT2D eigenvalue weighted by Gasteiger charge is -2.30. The maximum absolute atomic E-state index is 13.0. The van der Waals surface area contributed by atoms with Crippen molar-refractivity contribution in [3.63, 3.8) is 0 Å². The van der Waals surface area contributed by atoms with Gasteiger partial charge in [0.1, 0.15) is 5.82 Å². The molecular formula is C15H20FNO. The van der Waals surface area contributed by atoms with Gasteiger partial charge >= 0.3 is 0 Å². The number of amides is 1. The number of rotatable bonds is 4. The van der Waals surface area contributed by atoms with Crippen LogP contribution in [-0.4, -0.2) is 5.91 Å². The lowest BCUT2D eigenvalue weighted by molar-refractivity contribution is -0.118. The number of nitrogens with two attached hydrogens (primary N) is 1. The first kappa shape index (κ1) is 13.1. The van der Waals surface area contributed by atoms with Crippen molar-refractivity contribution in [3.05, 3.63) is 35.6 Å². The number of primary amides is 1. The van der Waals surface area contributed by atoms with Crippen LogP contribution < -0.4 is 5.73 Å². The Kier molecular flexibility index (Phi) is 4.34. The Morgan fingerprint density at radius 2 is 1.83 bits per heavy atom. The highest BCUT2D eigenvalue weighted by Crippen LogP contribution is 2.38. The summed E-state index contributed by atoms with van der Waals surface area (Å²) < 4.78 is 13.0. The van der Waals surface area contributed by atoms with Gasteiger partial charge in [0.05, 0.1) is 0 Å². The second-order valence-electron chi connectivity index (χ2n) is 5.23. The van der Waals surface area contributed by atoms with E-state index < -0.39 is 0 Å². The number of carbonyl (C=O) groups excluding carboxylic acids is 1. The van der Waals surface area contributed by atoms with Gasteiger partial charge in [-0.2, -0.15) is 0 Å². The summed E-state index contributed by atoms with van der Waals surface area (Å²) in [6.45, 7) is 0. The highest BCUT2D eigenvalue weighted by molar-refractivity contribution is 5.74. The van der Waals surface area contributed by atoms with Crippen molar-refractivity contribution in [2.45, 2.75) is 44.4 Å². The highest BCUT2D eigenvalue weighted by atomic mass is 19.1. The van der Waals surface area contributed by atoms with Crippen LogP contribution in [0.3, 0.4) is 0 Å². The molecule has 0 heterocycles. The summed E-state index contributed by atoms with van der Waals surface area (Å²) in [6, 6.07) is 6.51. The molecule has 1 atom stereocenters. The number of hydrogen-bond acceptors (Lipinski definition) is 1. The summed E-state index contributed by atoms with van der Waals surface area (Å²) in [5.41, 5.74) is 6.40. The fourth-order valence-corrected chi connectivity index (χ4v) is 3.02. The molecule has 3 heteroatoms. The van der Waals surface area contributed by atoms with E-state index in [-0.39, 0.29) is 17.6 Å². The summed E-state index contributed by atoms with van der Waals surface area (Å²) in [6.07, 6.45) is 6.40. The topological polar surface area (TPSA) is 43.1 Å². The van der Waals surface area contributed by atoms with E-state index >= 15 is 0 Å². The normalized spacial score (nSPS) is 18.5. The zero-order valence-corrected chi connectivity index (χ0v) is 10.6. The average molecular weight is 249 g/mol. The third kappa shape index (κ3) is 3.31. The van der Waals surface area contributed by atoms with Gasteiger partial charge in [0.15, 0.2) is 0 Å². The third-order valence-electron chi connectivity index (χ3n) is 3.94. The average Bonchev–Trinajstić information content (AvgIpc) is 2.38.